The number of hydrogen-bond acceptors (Lipinski definition) is 6. The van der Waals surface area contributed by atoms with Crippen LogP contribution in [-0.2, 0) is 10.0 Å². The number of hydrogen-bond donors (Lipinski definition) is 0. The Morgan fingerprint density at radius 2 is 1.72 bits per heavy atom. The number of halogens is 1. The van der Waals surface area contributed by atoms with Crippen molar-refractivity contribution in [3.63, 3.8) is 0 Å². The van der Waals surface area contributed by atoms with E-state index in [4.69, 9.17) is 13.9 Å². The zero-order valence-electron chi connectivity index (χ0n) is 16.7. The highest BCUT2D eigenvalue weighted by atomic mass is 79.9. The lowest BCUT2D eigenvalue weighted by Crippen LogP contribution is -2.50. The molecule has 1 fully saturated rings. The zero-order valence-corrected chi connectivity index (χ0v) is 19.1. The molecule has 0 bridgehead atoms. The van der Waals surface area contributed by atoms with Crippen molar-refractivity contribution in [2.45, 2.75) is 18.7 Å². The Morgan fingerprint density at radius 1 is 1.07 bits per heavy atom. The number of sulfonamides is 1. The van der Waals surface area contributed by atoms with Gasteiger partial charge in [-0.05, 0) is 41.9 Å². The number of furan rings is 1. The minimum atomic E-state index is -3.80. The molecule has 0 atom stereocenters. The third-order valence-corrected chi connectivity index (χ3v) is 7.79. The van der Waals surface area contributed by atoms with E-state index < -0.39 is 10.0 Å². The standard InChI is InChI=1S/C19H23BrN2O6S/c1-12-17(18(20)13(2)28-12)19(23)21-7-9-22(10-8-21)29(24,25)16-11-14(26-3)5-6-15(16)27-4/h5-6,11H,7-10H2,1-4H3. The quantitative estimate of drug-likeness (QED) is 0.645. The summed E-state index contributed by atoms with van der Waals surface area (Å²) in [6, 6.07) is 4.65. The van der Waals surface area contributed by atoms with E-state index in [1.165, 1.54) is 24.6 Å². The van der Waals surface area contributed by atoms with Crippen molar-refractivity contribution < 1.29 is 27.1 Å². The summed E-state index contributed by atoms with van der Waals surface area (Å²) >= 11 is 3.40. The van der Waals surface area contributed by atoms with Gasteiger partial charge in [-0.3, -0.25) is 4.79 Å². The Labute approximate surface area is 178 Å². The monoisotopic (exact) mass is 486 g/mol. The van der Waals surface area contributed by atoms with Crippen LogP contribution in [0.1, 0.15) is 21.9 Å². The number of carbonyl (C=O) groups excluding carboxylic acids is 1. The number of piperazine rings is 1. The number of nitrogens with zero attached hydrogens (tertiary/aromatic N) is 2. The first kappa shape index (κ1) is 21.7. The van der Waals surface area contributed by atoms with E-state index in [1.54, 1.807) is 30.9 Å². The van der Waals surface area contributed by atoms with Crippen LogP contribution in [0, 0.1) is 13.8 Å². The lowest BCUT2D eigenvalue weighted by Gasteiger charge is -2.34. The van der Waals surface area contributed by atoms with E-state index in [0.717, 1.165) is 0 Å². The van der Waals surface area contributed by atoms with Gasteiger partial charge in [-0.15, -0.1) is 0 Å². The molecule has 1 saturated heterocycles. The second-order valence-corrected chi connectivity index (χ2v) is 9.32. The Balaban J connectivity index is 1.79. The predicted molar refractivity (Wildman–Crippen MR) is 110 cm³/mol. The van der Waals surface area contributed by atoms with Crippen molar-refractivity contribution in [1.29, 1.82) is 0 Å². The van der Waals surface area contributed by atoms with Gasteiger partial charge in [0.25, 0.3) is 5.91 Å². The van der Waals surface area contributed by atoms with Gasteiger partial charge in [0.15, 0.2) is 0 Å². The number of carbonyl (C=O) groups is 1. The summed E-state index contributed by atoms with van der Waals surface area (Å²) in [6.07, 6.45) is 0. The highest BCUT2D eigenvalue weighted by Crippen LogP contribution is 2.32. The molecule has 2 heterocycles. The molecule has 8 nitrogen and oxygen atoms in total. The summed E-state index contributed by atoms with van der Waals surface area (Å²) < 4.78 is 44.2. The Hall–Kier alpha value is -2.04. The van der Waals surface area contributed by atoms with E-state index in [-0.39, 0.29) is 42.7 Å². The summed E-state index contributed by atoms with van der Waals surface area (Å²) in [5.74, 6) is 1.67. The number of methoxy groups -OCH3 is 2. The van der Waals surface area contributed by atoms with Crippen molar-refractivity contribution in [3.05, 3.63) is 39.8 Å². The van der Waals surface area contributed by atoms with Gasteiger partial charge in [0.1, 0.15) is 27.9 Å². The largest absolute Gasteiger partial charge is 0.497 e. The van der Waals surface area contributed by atoms with Gasteiger partial charge in [0.2, 0.25) is 10.0 Å². The number of aryl methyl sites for hydroxylation is 2. The molecule has 158 valence electrons. The molecule has 1 aliphatic heterocycles. The van der Waals surface area contributed by atoms with Crippen LogP contribution in [0.4, 0.5) is 0 Å². The molecule has 0 N–H and O–H groups in total. The van der Waals surface area contributed by atoms with Gasteiger partial charge in [0, 0.05) is 32.2 Å². The van der Waals surface area contributed by atoms with Crippen LogP contribution in [0.15, 0.2) is 32.0 Å². The summed E-state index contributed by atoms with van der Waals surface area (Å²) in [4.78, 5) is 14.6. The van der Waals surface area contributed by atoms with Crippen LogP contribution in [0.2, 0.25) is 0 Å². The summed E-state index contributed by atoms with van der Waals surface area (Å²) in [6.45, 7) is 4.44. The smallest absolute Gasteiger partial charge is 0.258 e. The highest BCUT2D eigenvalue weighted by Gasteiger charge is 2.34. The molecule has 1 aromatic carbocycles. The first-order chi connectivity index (χ1) is 13.7. The molecule has 0 saturated carbocycles. The van der Waals surface area contributed by atoms with Gasteiger partial charge in [0.05, 0.1) is 24.3 Å². The number of benzene rings is 1. The van der Waals surface area contributed by atoms with E-state index in [1.807, 2.05) is 0 Å². The Kier molecular flexibility index (Phi) is 6.25. The van der Waals surface area contributed by atoms with Crippen molar-refractivity contribution in [3.8, 4) is 11.5 Å². The molecule has 1 aromatic heterocycles. The molecule has 0 radical (unpaired) electrons. The Morgan fingerprint density at radius 3 is 2.24 bits per heavy atom. The predicted octanol–water partition coefficient (Wildman–Crippen LogP) is 2.82. The maximum absolute atomic E-state index is 13.2. The maximum Gasteiger partial charge on any atom is 0.258 e. The average Bonchev–Trinajstić information content (AvgIpc) is 2.98. The van der Waals surface area contributed by atoms with E-state index in [2.05, 4.69) is 15.9 Å². The van der Waals surface area contributed by atoms with Crippen LogP contribution in [0.3, 0.4) is 0 Å². The molecule has 0 unspecified atom stereocenters. The lowest BCUT2D eigenvalue weighted by atomic mass is 10.2. The molecule has 0 aliphatic carbocycles. The van der Waals surface area contributed by atoms with Gasteiger partial charge >= 0.3 is 0 Å². The molecule has 3 rings (SSSR count). The first-order valence-corrected chi connectivity index (χ1v) is 11.2. The highest BCUT2D eigenvalue weighted by molar-refractivity contribution is 9.10. The van der Waals surface area contributed by atoms with Gasteiger partial charge in [-0.2, -0.15) is 4.31 Å². The number of ether oxygens (including phenoxy) is 2. The summed E-state index contributed by atoms with van der Waals surface area (Å²) in [5.41, 5.74) is 0.480. The van der Waals surface area contributed by atoms with Crippen molar-refractivity contribution >= 4 is 31.9 Å². The SMILES string of the molecule is COc1ccc(OC)c(S(=O)(=O)N2CCN(C(=O)c3c(C)oc(C)c3Br)CC2)c1. The van der Waals surface area contributed by atoms with Crippen LogP contribution in [-0.4, -0.2) is 63.9 Å². The zero-order chi connectivity index (χ0) is 21.3. The molecule has 1 amide bonds. The topological polar surface area (TPSA) is 89.3 Å². The molecule has 29 heavy (non-hydrogen) atoms. The third kappa shape index (κ3) is 4.01. The normalized spacial score (nSPS) is 15.4. The maximum atomic E-state index is 13.2. The van der Waals surface area contributed by atoms with Crippen molar-refractivity contribution in [2.24, 2.45) is 0 Å². The average molecular weight is 487 g/mol. The Bertz CT molecular complexity index is 1030. The minimum Gasteiger partial charge on any atom is -0.497 e. The lowest BCUT2D eigenvalue weighted by molar-refractivity contribution is 0.0695. The first-order valence-electron chi connectivity index (χ1n) is 8.97. The third-order valence-electron chi connectivity index (χ3n) is 4.92. The van der Waals surface area contributed by atoms with E-state index in [0.29, 0.717) is 27.3 Å². The van der Waals surface area contributed by atoms with Crippen molar-refractivity contribution in [1.82, 2.24) is 9.21 Å². The van der Waals surface area contributed by atoms with Crippen LogP contribution in [0.5, 0.6) is 11.5 Å². The molecule has 10 heteroatoms. The second-order valence-electron chi connectivity index (χ2n) is 6.62. The summed E-state index contributed by atoms with van der Waals surface area (Å²) in [7, 11) is -0.907. The van der Waals surface area contributed by atoms with Crippen LogP contribution >= 0.6 is 15.9 Å². The molecule has 1 aliphatic rings. The van der Waals surface area contributed by atoms with Crippen LogP contribution in [0.25, 0.3) is 0 Å². The molecule has 0 spiro atoms. The van der Waals surface area contributed by atoms with E-state index in [9.17, 15) is 13.2 Å². The fourth-order valence-corrected chi connectivity index (χ4v) is 5.44. The number of amides is 1. The molecular weight excluding hydrogens is 464 g/mol. The summed E-state index contributed by atoms with van der Waals surface area (Å²) in [5, 5.41) is 0. The fraction of sp³-hybridized carbons (Fsp3) is 0.421. The molecular formula is C19H23BrN2O6S. The second kappa shape index (κ2) is 8.37. The van der Waals surface area contributed by atoms with E-state index >= 15 is 0 Å². The van der Waals surface area contributed by atoms with Crippen LogP contribution < -0.4 is 9.47 Å². The number of rotatable bonds is 5. The fourth-order valence-electron chi connectivity index (χ4n) is 3.31. The molecule has 2 aromatic rings. The van der Waals surface area contributed by atoms with Gasteiger partial charge in [-0.25, -0.2) is 8.42 Å². The minimum absolute atomic E-state index is 0.0446. The van der Waals surface area contributed by atoms with Crippen molar-refractivity contribution in [2.75, 3.05) is 40.4 Å². The van der Waals surface area contributed by atoms with Gasteiger partial charge < -0.3 is 18.8 Å². The van der Waals surface area contributed by atoms with Gasteiger partial charge in [-0.1, -0.05) is 0 Å².